The summed E-state index contributed by atoms with van der Waals surface area (Å²) < 4.78 is 2.33. The van der Waals surface area contributed by atoms with Gasteiger partial charge in [-0.1, -0.05) is 163 Å². The van der Waals surface area contributed by atoms with Gasteiger partial charge in [0.2, 0.25) is 0 Å². The molecule has 8 aromatic rings. The fraction of sp³-hybridized carbons (Fsp3) is 0.276. The number of hydrogen-bond acceptors (Lipinski definition) is 4. The average Bonchev–Trinajstić information content (AvgIpc) is 3.86. The number of rotatable bonds is 6. The first-order valence-electron chi connectivity index (χ1n) is 22.3. The zero-order valence-corrected chi connectivity index (χ0v) is 41.7. The van der Waals surface area contributed by atoms with Crippen molar-refractivity contribution >= 4 is 55.7 Å². The first kappa shape index (κ1) is 44.0. The molecule has 0 saturated carbocycles. The Balaban J connectivity index is 0.00000518. The number of benzene rings is 6. The molecule has 0 bridgehead atoms. The molecule has 1 atom stereocenters. The van der Waals surface area contributed by atoms with E-state index in [0.717, 1.165) is 50.3 Å². The van der Waals surface area contributed by atoms with Crippen LogP contribution in [0.5, 0.6) is 0 Å². The summed E-state index contributed by atoms with van der Waals surface area (Å²) in [5.74, 6) is 1.95. The number of nitrogens with zero attached hydrogens (tertiary/aromatic N) is 4. The summed E-state index contributed by atoms with van der Waals surface area (Å²) in [7, 11) is 0. The van der Waals surface area contributed by atoms with Crippen molar-refractivity contribution in [1.29, 1.82) is 0 Å². The Kier molecular flexibility index (Phi) is 11.2. The molecule has 64 heavy (non-hydrogen) atoms. The van der Waals surface area contributed by atoms with E-state index in [9.17, 15) is 0 Å². The topological polar surface area (TPSA) is 33.4 Å². The van der Waals surface area contributed by atoms with Gasteiger partial charge in [-0.05, 0) is 87.7 Å². The van der Waals surface area contributed by atoms with Gasteiger partial charge >= 0.3 is 21.1 Å². The molecule has 6 heteroatoms. The van der Waals surface area contributed by atoms with Crippen LogP contribution in [0.4, 0.5) is 17.1 Å². The van der Waals surface area contributed by atoms with Gasteiger partial charge in [-0.2, -0.15) is 17.8 Å². The summed E-state index contributed by atoms with van der Waals surface area (Å²) in [5, 5.41) is 3.44. The van der Waals surface area contributed by atoms with Gasteiger partial charge in [0.25, 0.3) is 0 Å². The summed E-state index contributed by atoms with van der Waals surface area (Å²) in [6, 6.07) is 55.3. The maximum Gasteiger partial charge on any atom is 2.00 e. The van der Waals surface area contributed by atoms with E-state index in [1.807, 2.05) is 18.0 Å². The van der Waals surface area contributed by atoms with Crippen molar-refractivity contribution < 1.29 is 21.1 Å². The number of aliphatic imine (C=N–C) groups is 1. The molecule has 4 heterocycles. The number of fused-ring (bicyclic) bond motifs is 5. The van der Waals surface area contributed by atoms with E-state index in [0.29, 0.717) is 0 Å². The van der Waals surface area contributed by atoms with E-state index in [-0.39, 0.29) is 49.3 Å². The van der Waals surface area contributed by atoms with Gasteiger partial charge in [-0.25, -0.2) is 4.98 Å². The minimum absolute atomic E-state index is 0. The number of hydrogen-bond donors (Lipinski definition) is 0. The van der Waals surface area contributed by atoms with Gasteiger partial charge in [-0.15, -0.1) is 46.3 Å². The monoisotopic (exact) mass is 1040 g/mol. The van der Waals surface area contributed by atoms with Crippen molar-refractivity contribution in [1.82, 2.24) is 9.55 Å². The first-order valence-corrected chi connectivity index (χ1v) is 23.3. The van der Waals surface area contributed by atoms with Gasteiger partial charge < -0.3 is 14.5 Å². The molecule has 2 aromatic heterocycles. The van der Waals surface area contributed by atoms with Crippen molar-refractivity contribution in [2.45, 2.75) is 97.4 Å². The van der Waals surface area contributed by atoms with Gasteiger partial charge in [-0.3, -0.25) is 0 Å². The Morgan fingerprint density at radius 3 is 2.02 bits per heavy atom. The summed E-state index contributed by atoms with van der Waals surface area (Å²) in [5.41, 5.74) is 16.0. The summed E-state index contributed by atoms with van der Waals surface area (Å²) >= 11 is 1.86. The molecule has 0 saturated heterocycles. The zero-order valence-electron chi connectivity index (χ0n) is 38.6. The predicted molar refractivity (Wildman–Crippen MR) is 267 cm³/mol. The Bertz CT molecular complexity index is 3060. The second-order valence-electron chi connectivity index (χ2n) is 20.3. The molecule has 10 rings (SSSR count). The average molecular weight is 1040 g/mol. The van der Waals surface area contributed by atoms with E-state index < -0.39 is 0 Å². The molecule has 0 aliphatic carbocycles. The second-order valence-corrected chi connectivity index (χ2v) is 21.3. The number of pyridine rings is 1. The summed E-state index contributed by atoms with van der Waals surface area (Å²) in [6.07, 6.45) is 1.96. The van der Waals surface area contributed by atoms with Crippen LogP contribution in [0.3, 0.4) is 0 Å². The molecule has 2 aliphatic heterocycles. The van der Waals surface area contributed by atoms with E-state index in [4.69, 9.17) is 9.98 Å². The zero-order chi connectivity index (χ0) is 44.0. The standard InChI is InChI=1S/C58H56N4S.Pt/c1-36-21-23-49-44(27-36)45-33-47-52(34-51(45)62(49)53-32-41(25-26-59-53)56(3,4)5)61(50-24-22-37(2)28-46(50)58(47,9)10)43-30-40(29-42(31-43)57(6,7)8)55-60-48(35-63-55)54(38-17-13-11-14-18-38)39-19-15-12-16-20-39;/h11-29,31-33,48,54H,35H2,1-10H3;/q-2;+2/t48-;/m0./s1. The van der Waals surface area contributed by atoms with E-state index >= 15 is 0 Å². The molecule has 0 radical (unpaired) electrons. The minimum Gasteiger partial charge on any atom is -0.352 e. The van der Waals surface area contributed by atoms with Crippen molar-refractivity contribution in [3.05, 3.63) is 196 Å². The number of thioether (sulfide) groups is 1. The Hall–Kier alpha value is -5.22. The van der Waals surface area contributed by atoms with Crippen molar-refractivity contribution in [2.24, 2.45) is 4.99 Å². The molecular weight excluding hydrogens is 980 g/mol. The molecule has 0 fully saturated rings. The summed E-state index contributed by atoms with van der Waals surface area (Å²) in [6.45, 7) is 22.9. The van der Waals surface area contributed by atoms with Crippen molar-refractivity contribution in [3.63, 3.8) is 0 Å². The molecule has 0 spiro atoms. The molecule has 324 valence electrons. The largest absolute Gasteiger partial charge is 2.00 e. The quantitative estimate of drug-likeness (QED) is 0.156. The number of aryl methyl sites for hydroxylation is 2. The summed E-state index contributed by atoms with van der Waals surface area (Å²) in [4.78, 5) is 13.1. The van der Waals surface area contributed by atoms with Crippen molar-refractivity contribution in [2.75, 3.05) is 10.7 Å². The van der Waals surface area contributed by atoms with Gasteiger partial charge in [0.15, 0.2) is 0 Å². The smallest absolute Gasteiger partial charge is 0.352 e. The number of anilines is 3. The number of aromatic nitrogens is 2. The third-order valence-corrected chi connectivity index (χ3v) is 14.4. The second kappa shape index (κ2) is 16.3. The maximum atomic E-state index is 5.60. The van der Waals surface area contributed by atoms with Crippen LogP contribution in [-0.2, 0) is 37.3 Å². The van der Waals surface area contributed by atoms with Crippen molar-refractivity contribution in [3.8, 4) is 5.82 Å². The molecule has 0 N–H and O–H groups in total. The fourth-order valence-electron chi connectivity index (χ4n) is 9.74. The van der Waals surface area contributed by atoms with Gasteiger partial charge in [0, 0.05) is 34.1 Å². The van der Waals surface area contributed by atoms with Crippen LogP contribution < -0.4 is 4.90 Å². The Labute approximate surface area is 398 Å². The van der Waals surface area contributed by atoms with Crippen LogP contribution in [0.2, 0.25) is 0 Å². The van der Waals surface area contributed by atoms with Crippen LogP contribution in [-0.4, -0.2) is 26.4 Å². The van der Waals surface area contributed by atoms with Crippen LogP contribution in [0.15, 0.2) is 139 Å². The van der Waals surface area contributed by atoms with E-state index in [1.165, 1.54) is 55.3 Å². The normalized spacial score (nSPS) is 15.9. The van der Waals surface area contributed by atoms with Gasteiger partial charge in [0.1, 0.15) is 5.82 Å². The molecule has 0 unspecified atom stereocenters. The SMILES string of the molecule is Cc1ccc2c(c1)C(C)(C)c1cc3c4cc(C)ccc4n(-c4cc(C(C)(C)C)ccn4)c3[c-]c1N2c1[c-]c(C2=N[C@H](C(c3ccccc3)c3ccccc3)CS2)cc(C(C)(C)C)c1.[Pt+2]. The molecule has 4 nitrogen and oxygen atoms in total. The third-order valence-electron chi connectivity index (χ3n) is 13.3. The third kappa shape index (κ3) is 7.67. The van der Waals surface area contributed by atoms with Crippen LogP contribution in [0.25, 0.3) is 27.6 Å². The van der Waals surface area contributed by atoms with E-state index in [2.05, 4.69) is 218 Å². The molecule has 6 aromatic carbocycles. The van der Waals surface area contributed by atoms with Crippen LogP contribution >= 0.6 is 11.8 Å². The van der Waals surface area contributed by atoms with Crippen LogP contribution in [0.1, 0.15) is 111 Å². The molecule has 0 amide bonds. The van der Waals surface area contributed by atoms with E-state index in [1.54, 1.807) is 0 Å². The first-order chi connectivity index (χ1) is 30.1. The predicted octanol–water partition coefficient (Wildman–Crippen LogP) is 14.8. The minimum atomic E-state index is -0.312. The Morgan fingerprint density at radius 1 is 0.688 bits per heavy atom. The molecule has 2 aliphatic rings. The maximum absolute atomic E-state index is 5.60. The Morgan fingerprint density at radius 2 is 1.34 bits per heavy atom. The molecular formula is C58H56N4PtS. The van der Waals surface area contributed by atoms with Gasteiger partial charge in [0.05, 0.1) is 6.04 Å². The fourth-order valence-corrected chi connectivity index (χ4v) is 10.8. The van der Waals surface area contributed by atoms with Crippen LogP contribution in [0, 0.1) is 26.0 Å².